The molecular formula is C13H12ClFN2O. The second-order valence-electron chi connectivity index (χ2n) is 3.63. The third-order valence-corrected chi connectivity index (χ3v) is 2.70. The lowest BCUT2D eigenvalue weighted by atomic mass is 10.2. The lowest BCUT2D eigenvalue weighted by Gasteiger charge is -2.10. The number of hydrogen-bond acceptors (Lipinski definition) is 3. The molecule has 2 rings (SSSR count). The van der Waals surface area contributed by atoms with Gasteiger partial charge < -0.3 is 10.1 Å². The summed E-state index contributed by atoms with van der Waals surface area (Å²) in [6.45, 7) is 0.339. The maximum atomic E-state index is 13.0. The zero-order valence-corrected chi connectivity index (χ0v) is 10.5. The van der Waals surface area contributed by atoms with Crippen molar-refractivity contribution in [1.82, 2.24) is 4.98 Å². The van der Waals surface area contributed by atoms with Crippen LogP contribution in [-0.2, 0) is 6.61 Å². The Balaban J connectivity index is 2.09. The van der Waals surface area contributed by atoms with Crippen molar-refractivity contribution < 1.29 is 9.13 Å². The molecule has 0 saturated carbocycles. The highest BCUT2D eigenvalue weighted by molar-refractivity contribution is 6.30. The highest BCUT2D eigenvalue weighted by Crippen LogP contribution is 2.22. The van der Waals surface area contributed by atoms with Gasteiger partial charge >= 0.3 is 0 Å². The van der Waals surface area contributed by atoms with Crippen LogP contribution in [0.15, 0.2) is 36.5 Å². The summed E-state index contributed by atoms with van der Waals surface area (Å²) in [5.41, 5.74) is 0.917. The smallest absolute Gasteiger partial charge is 0.142 e. The number of nitrogens with one attached hydrogen (secondary N) is 1. The number of ether oxygens (including phenoxy) is 1. The van der Waals surface area contributed by atoms with Crippen LogP contribution in [0, 0.1) is 5.82 Å². The van der Waals surface area contributed by atoms with Gasteiger partial charge in [-0.15, -0.1) is 0 Å². The van der Waals surface area contributed by atoms with E-state index < -0.39 is 5.82 Å². The van der Waals surface area contributed by atoms with Crippen molar-refractivity contribution in [2.45, 2.75) is 6.61 Å². The topological polar surface area (TPSA) is 34.2 Å². The molecule has 0 unspecified atom stereocenters. The molecule has 0 saturated heterocycles. The summed E-state index contributed by atoms with van der Waals surface area (Å²) in [6, 6.07) is 8.00. The molecule has 0 atom stereocenters. The van der Waals surface area contributed by atoms with Gasteiger partial charge in [0.2, 0.25) is 0 Å². The van der Waals surface area contributed by atoms with Crippen LogP contribution in [0.5, 0.6) is 5.75 Å². The Labute approximate surface area is 110 Å². The Morgan fingerprint density at radius 3 is 2.94 bits per heavy atom. The van der Waals surface area contributed by atoms with E-state index in [1.165, 1.54) is 18.2 Å². The number of anilines is 1. The van der Waals surface area contributed by atoms with Crippen LogP contribution in [0.25, 0.3) is 0 Å². The fourth-order valence-electron chi connectivity index (χ4n) is 1.51. The molecule has 1 aromatic carbocycles. The average molecular weight is 267 g/mol. The fourth-order valence-corrected chi connectivity index (χ4v) is 1.68. The van der Waals surface area contributed by atoms with E-state index in [4.69, 9.17) is 16.3 Å². The van der Waals surface area contributed by atoms with E-state index in [0.717, 1.165) is 11.4 Å². The molecule has 0 aliphatic carbocycles. The van der Waals surface area contributed by atoms with Gasteiger partial charge in [-0.25, -0.2) is 9.37 Å². The molecule has 94 valence electrons. The molecule has 0 aliphatic heterocycles. The second kappa shape index (κ2) is 5.69. The number of pyridine rings is 1. The quantitative estimate of drug-likeness (QED) is 0.920. The van der Waals surface area contributed by atoms with Crippen molar-refractivity contribution in [3.63, 3.8) is 0 Å². The summed E-state index contributed by atoms with van der Waals surface area (Å²) >= 11 is 5.67. The van der Waals surface area contributed by atoms with Gasteiger partial charge in [-0.3, -0.25) is 0 Å². The lowest BCUT2D eigenvalue weighted by molar-refractivity contribution is 0.306. The van der Waals surface area contributed by atoms with Crippen LogP contribution in [0.2, 0.25) is 5.02 Å². The summed E-state index contributed by atoms with van der Waals surface area (Å²) in [5, 5.41) is 3.02. The van der Waals surface area contributed by atoms with Gasteiger partial charge in [0.15, 0.2) is 0 Å². The van der Waals surface area contributed by atoms with E-state index >= 15 is 0 Å². The Hall–Kier alpha value is -1.81. The molecular weight excluding hydrogens is 255 g/mol. The summed E-state index contributed by atoms with van der Waals surface area (Å²) < 4.78 is 18.5. The third-order valence-electron chi connectivity index (χ3n) is 2.41. The number of hydrogen-bond donors (Lipinski definition) is 1. The van der Waals surface area contributed by atoms with Crippen molar-refractivity contribution in [3.05, 3.63) is 52.9 Å². The standard InChI is InChI=1S/C13H12ClFN2O/c1-16-13-9(3-2-6-17-13)8-18-10-4-5-12(15)11(14)7-10/h2-7H,8H2,1H3,(H,16,17). The Morgan fingerprint density at radius 2 is 2.22 bits per heavy atom. The van der Waals surface area contributed by atoms with Crippen molar-refractivity contribution in [2.24, 2.45) is 0 Å². The van der Waals surface area contributed by atoms with E-state index in [1.807, 2.05) is 12.1 Å². The molecule has 1 aromatic heterocycles. The number of benzene rings is 1. The first-order valence-corrected chi connectivity index (χ1v) is 5.78. The third kappa shape index (κ3) is 2.90. The Bertz CT molecular complexity index is 548. The minimum Gasteiger partial charge on any atom is -0.489 e. The minimum atomic E-state index is -0.457. The van der Waals surface area contributed by atoms with Crippen LogP contribution in [0.4, 0.5) is 10.2 Å². The van der Waals surface area contributed by atoms with Crippen molar-refractivity contribution >= 4 is 17.4 Å². The number of halogens is 2. The highest BCUT2D eigenvalue weighted by Gasteiger charge is 2.04. The molecule has 18 heavy (non-hydrogen) atoms. The normalized spacial score (nSPS) is 10.2. The largest absolute Gasteiger partial charge is 0.489 e. The monoisotopic (exact) mass is 266 g/mol. The maximum Gasteiger partial charge on any atom is 0.142 e. The highest BCUT2D eigenvalue weighted by atomic mass is 35.5. The van der Waals surface area contributed by atoms with Crippen LogP contribution < -0.4 is 10.1 Å². The molecule has 2 aromatic rings. The molecule has 0 spiro atoms. The van der Waals surface area contributed by atoms with E-state index in [2.05, 4.69) is 10.3 Å². The molecule has 0 aliphatic rings. The summed E-state index contributed by atoms with van der Waals surface area (Å²) in [7, 11) is 1.79. The van der Waals surface area contributed by atoms with Gasteiger partial charge in [0.25, 0.3) is 0 Å². The van der Waals surface area contributed by atoms with Gasteiger partial charge in [-0.2, -0.15) is 0 Å². The SMILES string of the molecule is CNc1ncccc1COc1ccc(F)c(Cl)c1. The first kappa shape index (κ1) is 12.6. The van der Waals surface area contributed by atoms with Crippen molar-refractivity contribution in [1.29, 1.82) is 0 Å². The van der Waals surface area contributed by atoms with Crippen molar-refractivity contribution in [3.8, 4) is 5.75 Å². The molecule has 0 radical (unpaired) electrons. The zero-order valence-electron chi connectivity index (χ0n) is 9.78. The van der Waals surface area contributed by atoms with Gasteiger partial charge in [-0.05, 0) is 18.2 Å². The van der Waals surface area contributed by atoms with Crippen molar-refractivity contribution in [2.75, 3.05) is 12.4 Å². The first-order valence-electron chi connectivity index (χ1n) is 5.40. The van der Waals surface area contributed by atoms with Gasteiger partial charge in [0, 0.05) is 24.9 Å². The van der Waals surface area contributed by atoms with Crippen LogP contribution in [0.1, 0.15) is 5.56 Å². The van der Waals surface area contributed by atoms with Gasteiger partial charge in [0.1, 0.15) is 24.0 Å². The van der Waals surface area contributed by atoms with Gasteiger partial charge in [-0.1, -0.05) is 17.7 Å². The Kier molecular flexibility index (Phi) is 3.99. The van der Waals surface area contributed by atoms with E-state index in [1.54, 1.807) is 13.2 Å². The lowest BCUT2D eigenvalue weighted by Crippen LogP contribution is -2.02. The molecule has 0 bridgehead atoms. The predicted octanol–water partition coefficient (Wildman–Crippen LogP) is 3.49. The van der Waals surface area contributed by atoms with E-state index in [9.17, 15) is 4.39 Å². The average Bonchev–Trinajstić information content (AvgIpc) is 2.40. The molecule has 0 fully saturated rings. The number of rotatable bonds is 4. The second-order valence-corrected chi connectivity index (χ2v) is 4.03. The molecule has 5 heteroatoms. The summed E-state index contributed by atoms with van der Waals surface area (Å²) in [6.07, 6.45) is 1.70. The number of nitrogens with zero attached hydrogens (tertiary/aromatic N) is 1. The van der Waals surface area contributed by atoms with Crippen LogP contribution in [-0.4, -0.2) is 12.0 Å². The predicted molar refractivity (Wildman–Crippen MR) is 69.5 cm³/mol. The minimum absolute atomic E-state index is 0.0486. The van der Waals surface area contributed by atoms with Gasteiger partial charge in [0.05, 0.1) is 5.02 Å². The molecule has 3 nitrogen and oxygen atoms in total. The zero-order chi connectivity index (χ0) is 13.0. The summed E-state index contributed by atoms with van der Waals surface area (Å²) in [4.78, 5) is 4.16. The van der Waals surface area contributed by atoms with Crippen LogP contribution >= 0.6 is 11.6 Å². The number of aromatic nitrogens is 1. The molecule has 1 heterocycles. The fraction of sp³-hybridized carbons (Fsp3) is 0.154. The van der Waals surface area contributed by atoms with Crippen LogP contribution in [0.3, 0.4) is 0 Å². The summed E-state index contributed by atoms with van der Waals surface area (Å²) in [5.74, 6) is 0.819. The van der Waals surface area contributed by atoms with E-state index in [0.29, 0.717) is 12.4 Å². The molecule has 1 N–H and O–H groups in total. The molecule has 0 amide bonds. The van der Waals surface area contributed by atoms with E-state index in [-0.39, 0.29) is 5.02 Å². The Morgan fingerprint density at radius 1 is 1.39 bits per heavy atom. The first-order chi connectivity index (χ1) is 8.70. The maximum absolute atomic E-state index is 13.0.